The first-order chi connectivity index (χ1) is 9.20. The summed E-state index contributed by atoms with van der Waals surface area (Å²) in [6.45, 7) is 1.73. The number of nitrogens with one attached hydrogen (secondary N) is 1. The van der Waals surface area contributed by atoms with Crippen molar-refractivity contribution in [2.75, 3.05) is 26.4 Å². The summed E-state index contributed by atoms with van der Waals surface area (Å²) in [5.41, 5.74) is 0.978. The molecule has 2 rings (SSSR count). The van der Waals surface area contributed by atoms with Crippen LogP contribution in [0.15, 0.2) is 24.3 Å². The van der Waals surface area contributed by atoms with E-state index in [0.717, 1.165) is 5.56 Å². The van der Waals surface area contributed by atoms with Crippen molar-refractivity contribution in [1.29, 1.82) is 0 Å². The lowest BCUT2D eigenvalue weighted by Gasteiger charge is -2.34. The van der Waals surface area contributed by atoms with Crippen molar-refractivity contribution in [3.05, 3.63) is 34.9 Å². The van der Waals surface area contributed by atoms with Crippen LogP contribution in [0.4, 0.5) is 4.79 Å². The fourth-order valence-electron chi connectivity index (χ4n) is 1.95. The van der Waals surface area contributed by atoms with Gasteiger partial charge in [0.05, 0.1) is 25.9 Å². The van der Waals surface area contributed by atoms with Crippen LogP contribution < -0.4 is 5.32 Å². The lowest BCUT2D eigenvalue weighted by Crippen LogP contribution is -2.53. The third-order valence-corrected chi connectivity index (χ3v) is 3.31. The number of nitrogens with zero attached hydrogens (tertiary/aromatic N) is 1. The van der Waals surface area contributed by atoms with Gasteiger partial charge in [-0.1, -0.05) is 23.7 Å². The van der Waals surface area contributed by atoms with Crippen LogP contribution in [0, 0.1) is 0 Å². The number of benzene rings is 1. The zero-order valence-electron chi connectivity index (χ0n) is 10.5. The fraction of sp³-hybridized carbons (Fsp3) is 0.462. The van der Waals surface area contributed by atoms with E-state index in [2.05, 4.69) is 5.32 Å². The number of carbonyl (C=O) groups is 1. The van der Waals surface area contributed by atoms with Crippen molar-refractivity contribution in [3.63, 3.8) is 0 Å². The third-order valence-electron chi connectivity index (χ3n) is 3.06. The van der Waals surface area contributed by atoms with Gasteiger partial charge in [-0.2, -0.15) is 0 Å². The Balaban J connectivity index is 1.87. The molecule has 1 aliphatic heterocycles. The maximum absolute atomic E-state index is 12.0. The number of ether oxygens (including phenoxy) is 1. The van der Waals surface area contributed by atoms with E-state index in [4.69, 9.17) is 16.3 Å². The first-order valence-electron chi connectivity index (χ1n) is 6.18. The highest BCUT2D eigenvalue weighted by molar-refractivity contribution is 6.30. The lowest BCUT2D eigenvalue weighted by molar-refractivity contribution is -0.00766. The van der Waals surface area contributed by atoms with Crippen molar-refractivity contribution >= 4 is 17.6 Å². The van der Waals surface area contributed by atoms with Crippen LogP contribution in [0.1, 0.15) is 5.56 Å². The number of halogens is 1. The maximum atomic E-state index is 12.0. The Hall–Kier alpha value is -1.30. The van der Waals surface area contributed by atoms with Gasteiger partial charge in [0.1, 0.15) is 0 Å². The van der Waals surface area contributed by atoms with Crippen LogP contribution in [-0.4, -0.2) is 48.4 Å². The smallest absolute Gasteiger partial charge is 0.318 e. The van der Waals surface area contributed by atoms with Gasteiger partial charge in [0, 0.05) is 18.1 Å². The largest absolute Gasteiger partial charge is 0.394 e. The van der Waals surface area contributed by atoms with E-state index >= 15 is 0 Å². The highest BCUT2D eigenvalue weighted by Crippen LogP contribution is 2.10. The first-order valence-corrected chi connectivity index (χ1v) is 6.56. The summed E-state index contributed by atoms with van der Waals surface area (Å²) in [4.78, 5) is 13.6. The van der Waals surface area contributed by atoms with E-state index in [1.807, 2.05) is 12.1 Å². The van der Waals surface area contributed by atoms with Gasteiger partial charge in [-0.25, -0.2) is 4.79 Å². The molecule has 1 aromatic carbocycles. The molecule has 104 valence electrons. The molecule has 19 heavy (non-hydrogen) atoms. The molecule has 5 nitrogen and oxygen atoms in total. The number of aliphatic hydroxyl groups excluding tert-OH is 1. The normalized spacial score (nSPS) is 19.3. The summed E-state index contributed by atoms with van der Waals surface area (Å²) >= 11 is 5.80. The summed E-state index contributed by atoms with van der Waals surface area (Å²) in [6, 6.07) is 6.86. The van der Waals surface area contributed by atoms with Crippen LogP contribution >= 0.6 is 11.6 Å². The summed E-state index contributed by atoms with van der Waals surface area (Å²) in [5, 5.41) is 12.7. The standard InChI is InChI=1S/C13H17ClN2O3/c14-11-3-1-10(2-4-11)7-15-13(18)16-5-6-19-9-12(16)8-17/h1-4,12,17H,5-9H2,(H,15,18). The van der Waals surface area contributed by atoms with Crippen LogP contribution in [0.5, 0.6) is 0 Å². The van der Waals surface area contributed by atoms with Crippen LogP contribution in [-0.2, 0) is 11.3 Å². The Morgan fingerprint density at radius 2 is 2.21 bits per heavy atom. The van der Waals surface area contributed by atoms with Gasteiger partial charge in [0.2, 0.25) is 0 Å². The van der Waals surface area contributed by atoms with Gasteiger partial charge in [-0.05, 0) is 17.7 Å². The van der Waals surface area contributed by atoms with Crippen molar-refractivity contribution in [2.45, 2.75) is 12.6 Å². The number of aliphatic hydroxyl groups is 1. The van der Waals surface area contributed by atoms with Gasteiger partial charge >= 0.3 is 6.03 Å². The first kappa shape index (κ1) is 14.1. The van der Waals surface area contributed by atoms with Crippen LogP contribution in [0.3, 0.4) is 0 Å². The zero-order chi connectivity index (χ0) is 13.7. The quantitative estimate of drug-likeness (QED) is 0.878. The number of hydrogen-bond acceptors (Lipinski definition) is 3. The molecule has 0 aliphatic carbocycles. The number of urea groups is 1. The lowest BCUT2D eigenvalue weighted by atomic mass is 10.2. The third kappa shape index (κ3) is 3.83. The molecule has 0 aromatic heterocycles. The van der Waals surface area contributed by atoms with E-state index in [0.29, 0.717) is 31.3 Å². The van der Waals surface area contributed by atoms with E-state index in [-0.39, 0.29) is 18.7 Å². The molecule has 2 amide bonds. The summed E-state index contributed by atoms with van der Waals surface area (Å²) < 4.78 is 5.23. The Kier molecular flexibility index (Phi) is 5.01. The average molecular weight is 285 g/mol. The number of rotatable bonds is 3. The van der Waals surface area contributed by atoms with Crippen LogP contribution in [0.2, 0.25) is 5.02 Å². The minimum Gasteiger partial charge on any atom is -0.394 e. The molecule has 6 heteroatoms. The van der Waals surface area contributed by atoms with Gasteiger partial charge < -0.3 is 20.1 Å². The second kappa shape index (κ2) is 6.75. The van der Waals surface area contributed by atoms with Crippen molar-refractivity contribution in [1.82, 2.24) is 10.2 Å². The number of morpholine rings is 1. The molecule has 1 saturated heterocycles. The molecule has 0 saturated carbocycles. The SMILES string of the molecule is O=C(NCc1ccc(Cl)cc1)N1CCOCC1CO. The van der Waals surface area contributed by atoms with Gasteiger partial charge in [0.15, 0.2) is 0 Å². The zero-order valence-corrected chi connectivity index (χ0v) is 11.3. The monoisotopic (exact) mass is 284 g/mol. The van der Waals surface area contributed by atoms with Crippen molar-refractivity contribution in [2.24, 2.45) is 0 Å². The Morgan fingerprint density at radius 3 is 2.89 bits per heavy atom. The molecular weight excluding hydrogens is 268 g/mol. The predicted molar refractivity (Wildman–Crippen MR) is 72.1 cm³/mol. The maximum Gasteiger partial charge on any atom is 0.318 e. The molecule has 1 unspecified atom stereocenters. The Morgan fingerprint density at radius 1 is 1.47 bits per heavy atom. The van der Waals surface area contributed by atoms with Gasteiger partial charge in [-0.3, -0.25) is 0 Å². The molecule has 1 fully saturated rings. The molecule has 1 aliphatic rings. The van der Waals surface area contributed by atoms with Crippen molar-refractivity contribution < 1.29 is 14.6 Å². The topological polar surface area (TPSA) is 61.8 Å². The number of amides is 2. The average Bonchev–Trinajstić information content (AvgIpc) is 2.46. The molecule has 1 heterocycles. The highest BCUT2D eigenvalue weighted by atomic mass is 35.5. The molecular formula is C13H17ClN2O3. The van der Waals surface area contributed by atoms with E-state index in [9.17, 15) is 9.90 Å². The molecule has 0 spiro atoms. The highest BCUT2D eigenvalue weighted by Gasteiger charge is 2.26. The predicted octanol–water partition coefficient (Wildman–Crippen LogP) is 1.24. The Labute approximate surface area is 117 Å². The van der Waals surface area contributed by atoms with Crippen LogP contribution in [0.25, 0.3) is 0 Å². The van der Waals surface area contributed by atoms with E-state index < -0.39 is 0 Å². The number of hydrogen-bond donors (Lipinski definition) is 2. The summed E-state index contributed by atoms with van der Waals surface area (Å²) in [7, 11) is 0. The minimum absolute atomic E-state index is 0.0889. The molecule has 0 bridgehead atoms. The molecule has 0 radical (unpaired) electrons. The van der Waals surface area contributed by atoms with E-state index in [1.54, 1.807) is 17.0 Å². The summed E-state index contributed by atoms with van der Waals surface area (Å²) in [6.07, 6.45) is 0. The van der Waals surface area contributed by atoms with Crippen molar-refractivity contribution in [3.8, 4) is 0 Å². The van der Waals surface area contributed by atoms with E-state index in [1.165, 1.54) is 0 Å². The second-order valence-electron chi connectivity index (χ2n) is 4.39. The van der Waals surface area contributed by atoms with Gasteiger partial charge in [0.25, 0.3) is 0 Å². The molecule has 1 aromatic rings. The Bertz CT molecular complexity index is 424. The fourth-order valence-corrected chi connectivity index (χ4v) is 2.08. The number of carbonyl (C=O) groups excluding carboxylic acids is 1. The second-order valence-corrected chi connectivity index (χ2v) is 4.83. The summed E-state index contributed by atoms with van der Waals surface area (Å²) in [5.74, 6) is 0. The molecule has 1 atom stereocenters. The van der Waals surface area contributed by atoms with Gasteiger partial charge in [-0.15, -0.1) is 0 Å². The molecule has 2 N–H and O–H groups in total. The minimum atomic E-state index is -0.265.